The van der Waals surface area contributed by atoms with Crippen molar-refractivity contribution in [3.8, 4) is 0 Å². The smallest absolute Gasteiger partial charge is 0.252 e. The van der Waals surface area contributed by atoms with E-state index in [1.807, 2.05) is 42.1 Å². The van der Waals surface area contributed by atoms with Crippen LogP contribution >= 0.6 is 11.8 Å². The average Bonchev–Trinajstić information content (AvgIpc) is 2.52. The Bertz CT molecular complexity index is 638. The molecule has 0 radical (unpaired) electrons. The molecule has 0 amide bonds. The fraction of sp³-hybridized carbons (Fsp3) is 0.471. The number of fused-ring (bicyclic) bond motifs is 1. The third-order valence-corrected chi connectivity index (χ3v) is 5.90. The van der Waals surface area contributed by atoms with Crippen molar-refractivity contribution in [3.63, 3.8) is 0 Å². The summed E-state index contributed by atoms with van der Waals surface area (Å²) in [5.41, 5.74) is 1.70. The van der Waals surface area contributed by atoms with E-state index in [1.165, 1.54) is 0 Å². The molecular formula is C17H24N2OS. The lowest BCUT2D eigenvalue weighted by Gasteiger charge is -2.30. The van der Waals surface area contributed by atoms with Crippen molar-refractivity contribution in [3.05, 3.63) is 46.2 Å². The van der Waals surface area contributed by atoms with Gasteiger partial charge in [0.25, 0.3) is 5.56 Å². The number of hydrogen-bond donors (Lipinski definition) is 2. The van der Waals surface area contributed by atoms with Crippen LogP contribution in [0, 0.1) is 0 Å². The molecule has 2 rings (SSSR count). The van der Waals surface area contributed by atoms with Crippen LogP contribution in [-0.4, -0.2) is 22.5 Å². The van der Waals surface area contributed by atoms with E-state index in [4.69, 9.17) is 0 Å². The number of nitrogens with one attached hydrogen (secondary N) is 2. The molecule has 0 aliphatic heterocycles. The lowest BCUT2D eigenvalue weighted by molar-refractivity contribution is 0.494. The van der Waals surface area contributed by atoms with Gasteiger partial charge < -0.3 is 10.3 Å². The van der Waals surface area contributed by atoms with Gasteiger partial charge in [-0.2, -0.15) is 11.8 Å². The summed E-state index contributed by atoms with van der Waals surface area (Å²) in [7, 11) is 0. The van der Waals surface area contributed by atoms with Crippen LogP contribution < -0.4 is 10.9 Å². The van der Waals surface area contributed by atoms with E-state index in [2.05, 4.69) is 30.4 Å². The lowest BCUT2D eigenvalue weighted by atomic mass is 10.0. The molecule has 0 aliphatic rings. The van der Waals surface area contributed by atoms with Gasteiger partial charge in [0, 0.05) is 28.9 Å². The molecule has 0 fully saturated rings. The molecule has 0 spiro atoms. The molecule has 1 aromatic carbocycles. The van der Waals surface area contributed by atoms with Crippen LogP contribution in [0.4, 0.5) is 0 Å². The van der Waals surface area contributed by atoms with Crippen LogP contribution in [0.2, 0.25) is 0 Å². The topological polar surface area (TPSA) is 44.9 Å². The van der Waals surface area contributed by atoms with E-state index in [-0.39, 0.29) is 10.3 Å². The van der Waals surface area contributed by atoms with Crippen LogP contribution in [-0.2, 0) is 6.54 Å². The zero-order chi connectivity index (χ0) is 15.3. The molecule has 4 heteroatoms. The number of para-hydroxylation sites is 1. The van der Waals surface area contributed by atoms with Gasteiger partial charge in [-0.25, -0.2) is 0 Å². The second-order valence-corrected chi connectivity index (χ2v) is 6.68. The Hall–Kier alpha value is -1.26. The number of thioether (sulfide) groups is 1. The highest BCUT2D eigenvalue weighted by Crippen LogP contribution is 2.29. The molecule has 2 aromatic rings. The first-order valence-electron chi connectivity index (χ1n) is 7.51. The molecule has 3 nitrogen and oxygen atoms in total. The summed E-state index contributed by atoms with van der Waals surface area (Å²) in [6, 6.07) is 9.87. The normalized spacial score (nSPS) is 12.0. The number of aromatic amines is 1. The quantitative estimate of drug-likeness (QED) is 0.822. The van der Waals surface area contributed by atoms with E-state index in [0.29, 0.717) is 6.54 Å². The Balaban J connectivity index is 2.10. The average molecular weight is 304 g/mol. The highest BCUT2D eigenvalue weighted by Gasteiger charge is 2.24. The van der Waals surface area contributed by atoms with Crippen molar-refractivity contribution in [1.29, 1.82) is 0 Å². The van der Waals surface area contributed by atoms with Crippen molar-refractivity contribution < 1.29 is 0 Å². The SMILES string of the molecule is CCC(CC)(CNCc1cc2ccccc2[nH]c1=O)SC. The van der Waals surface area contributed by atoms with Crippen molar-refractivity contribution in [1.82, 2.24) is 10.3 Å². The number of pyridine rings is 1. The molecule has 21 heavy (non-hydrogen) atoms. The number of hydrogen-bond acceptors (Lipinski definition) is 3. The van der Waals surface area contributed by atoms with Gasteiger partial charge in [-0.05, 0) is 36.6 Å². The van der Waals surface area contributed by atoms with Gasteiger partial charge in [-0.1, -0.05) is 32.0 Å². The van der Waals surface area contributed by atoms with E-state index in [0.717, 1.165) is 35.9 Å². The fourth-order valence-electron chi connectivity index (χ4n) is 2.61. The molecule has 0 atom stereocenters. The predicted octanol–water partition coefficient (Wildman–Crippen LogP) is 3.54. The first kappa shape index (κ1) is 16.1. The van der Waals surface area contributed by atoms with Crippen molar-refractivity contribution >= 4 is 22.7 Å². The first-order valence-corrected chi connectivity index (χ1v) is 8.73. The monoisotopic (exact) mass is 304 g/mol. The summed E-state index contributed by atoms with van der Waals surface area (Å²) in [4.78, 5) is 15.0. The van der Waals surface area contributed by atoms with Crippen LogP contribution in [0.15, 0.2) is 35.1 Å². The number of H-pyrrole nitrogens is 1. The summed E-state index contributed by atoms with van der Waals surface area (Å²) < 4.78 is 0.267. The summed E-state index contributed by atoms with van der Waals surface area (Å²) in [6.07, 6.45) is 4.43. The van der Waals surface area contributed by atoms with Gasteiger partial charge in [0.2, 0.25) is 0 Å². The maximum absolute atomic E-state index is 12.1. The second-order valence-electron chi connectivity index (χ2n) is 5.41. The Morgan fingerprint density at radius 1 is 1.24 bits per heavy atom. The Labute approximate surface area is 130 Å². The van der Waals surface area contributed by atoms with Gasteiger partial charge in [0.15, 0.2) is 0 Å². The molecular weight excluding hydrogens is 280 g/mol. The lowest BCUT2D eigenvalue weighted by Crippen LogP contribution is -2.37. The van der Waals surface area contributed by atoms with Crippen LogP contribution in [0.25, 0.3) is 10.9 Å². The molecule has 114 valence electrons. The standard InChI is InChI=1S/C17H24N2OS/c1-4-17(5-2,21-3)12-18-11-14-10-13-8-6-7-9-15(13)19-16(14)20/h6-10,18H,4-5,11-12H2,1-3H3,(H,19,20). The van der Waals surface area contributed by atoms with E-state index < -0.39 is 0 Å². The van der Waals surface area contributed by atoms with E-state index >= 15 is 0 Å². The molecule has 0 aliphatic carbocycles. The summed E-state index contributed by atoms with van der Waals surface area (Å²) >= 11 is 1.91. The van der Waals surface area contributed by atoms with Crippen molar-refractivity contribution in [2.24, 2.45) is 0 Å². The molecule has 2 N–H and O–H groups in total. The number of benzene rings is 1. The van der Waals surface area contributed by atoms with Crippen LogP contribution in [0.5, 0.6) is 0 Å². The molecule has 0 saturated carbocycles. The minimum Gasteiger partial charge on any atom is -0.322 e. The molecule has 1 aromatic heterocycles. The Kier molecular flexibility index (Phi) is 5.48. The molecule has 0 bridgehead atoms. The van der Waals surface area contributed by atoms with Crippen LogP contribution in [0.3, 0.4) is 0 Å². The van der Waals surface area contributed by atoms with Gasteiger partial charge in [0.1, 0.15) is 0 Å². The molecule has 0 saturated heterocycles. The van der Waals surface area contributed by atoms with Crippen molar-refractivity contribution in [2.75, 3.05) is 12.8 Å². The third kappa shape index (κ3) is 3.69. The van der Waals surface area contributed by atoms with Gasteiger partial charge in [0.05, 0.1) is 0 Å². The minimum atomic E-state index is 0.00366. The molecule has 0 unspecified atom stereocenters. The Morgan fingerprint density at radius 3 is 2.62 bits per heavy atom. The summed E-state index contributed by atoms with van der Waals surface area (Å²) in [5, 5.41) is 4.54. The second kappa shape index (κ2) is 7.14. The van der Waals surface area contributed by atoms with Crippen LogP contribution in [0.1, 0.15) is 32.3 Å². The zero-order valence-electron chi connectivity index (χ0n) is 13.0. The highest BCUT2D eigenvalue weighted by molar-refractivity contribution is 8.00. The first-order chi connectivity index (χ1) is 10.1. The minimum absolute atomic E-state index is 0.00366. The zero-order valence-corrected chi connectivity index (χ0v) is 13.8. The number of aromatic nitrogens is 1. The maximum atomic E-state index is 12.1. The van der Waals surface area contributed by atoms with Gasteiger partial charge in [-0.3, -0.25) is 4.79 Å². The Morgan fingerprint density at radius 2 is 1.95 bits per heavy atom. The third-order valence-electron chi connectivity index (χ3n) is 4.31. The number of rotatable bonds is 7. The van der Waals surface area contributed by atoms with Crippen molar-refractivity contribution in [2.45, 2.75) is 38.0 Å². The summed E-state index contributed by atoms with van der Waals surface area (Å²) in [6.45, 7) is 5.99. The highest BCUT2D eigenvalue weighted by atomic mass is 32.2. The largest absolute Gasteiger partial charge is 0.322 e. The van der Waals surface area contributed by atoms with Gasteiger partial charge >= 0.3 is 0 Å². The fourth-order valence-corrected chi connectivity index (χ4v) is 3.43. The van der Waals surface area contributed by atoms with E-state index in [1.54, 1.807) is 0 Å². The predicted molar refractivity (Wildman–Crippen MR) is 93.1 cm³/mol. The molecule has 1 heterocycles. The van der Waals surface area contributed by atoms with Gasteiger partial charge in [-0.15, -0.1) is 0 Å². The van der Waals surface area contributed by atoms with E-state index in [9.17, 15) is 4.79 Å². The maximum Gasteiger partial charge on any atom is 0.252 e. The summed E-state index contributed by atoms with van der Waals surface area (Å²) in [5.74, 6) is 0.